The Morgan fingerprint density at radius 2 is 1.95 bits per heavy atom. The zero-order chi connectivity index (χ0) is 26.2. The molecule has 1 saturated heterocycles. The Labute approximate surface area is 219 Å². The van der Waals surface area contributed by atoms with E-state index in [1.807, 2.05) is 72.6 Å². The van der Waals surface area contributed by atoms with Crippen molar-refractivity contribution in [3.63, 3.8) is 0 Å². The molecule has 2 aliphatic rings. The third kappa shape index (κ3) is 7.40. The Hall–Kier alpha value is -3.71. The first kappa shape index (κ1) is 26.4. The van der Waals surface area contributed by atoms with Crippen LogP contribution in [0, 0.1) is 5.92 Å². The Bertz CT molecular complexity index is 1180. The number of aliphatic imine (C=N–C) groups is 1. The molecule has 2 aliphatic heterocycles. The van der Waals surface area contributed by atoms with Gasteiger partial charge in [-0.15, -0.1) is 0 Å². The number of hydrogen-bond acceptors (Lipinski definition) is 6. The molecule has 1 fully saturated rings. The van der Waals surface area contributed by atoms with Gasteiger partial charge < -0.3 is 19.9 Å². The molecule has 0 radical (unpaired) electrons. The van der Waals surface area contributed by atoms with Crippen molar-refractivity contribution in [3.05, 3.63) is 83.2 Å². The highest BCUT2D eigenvalue weighted by atomic mass is 16.5. The van der Waals surface area contributed by atoms with Crippen molar-refractivity contribution in [2.24, 2.45) is 10.9 Å². The Morgan fingerprint density at radius 1 is 1.19 bits per heavy atom. The first-order valence-corrected chi connectivity index (χ1v) is 12.9. The van der Waals surface area contributed by atoms with Gasteiger partial charge in [-0.25, -0.2) is 0 Å². The van der Waals surface area contributed by atoms with Crippen LogP contribution >= 0.6 is 0 Å². The average molecular weight is 501 g/mol. The topological polar surface area (TPSA) is 74.2 Å². The number of benzene rings is 2. The number of rotatable bonds is 8. The van der Waals surface area contributed by atoms with E-state index >= 15 is 0 Å². The van der Waals surface area contributed by atoms with E-state index in [9.17, 15) is 9.59 Å². The predicted molar refractivity (Wildman–Crippen MR) is 149 cm³/mol. The Kier molecular flexibility index (Phi) is 8.90. The van der Waals surface area contributed by atoms with Crippen molar-refractivity contribution in [1.82, 2.24) is 9.80 Å². The summed E-state index contributed by atoms with van der Waals surface area (Å²) < 4.78 is 5.59. The minimum absolute atomic E-state index is 0.00949. The largest absolute Gasteiger partial charge is 0.452 e. The smallest absolute Gasteiger partial charge is 0.303 e. The van der Waals surface area contributed by atoms with Gasteiger partial charge in [-0.05, 0) is 69.1 Å². The number of likely N-dealkylation sites (tertiary alicyclic amines) is 1. The number of carbonyl (C=O) groups is 2. The minimum Gasteiger partial charge on any atom is -0.452 e. The van der Waals surface area contributed by atoms with Crippen LogP contribution in [0.4, 0.5) is 5.69 Å². The molecular weight excluding hydrogens is 464 g/mol. The van der Waals surface area contributed by atoms with E-state index in [2.05, 4.69) is 22.3 Å². The third-order valence-corrected chi connectivity index (χ3v) is 6.93. The van der Waals surface area contributed by atoms with Crippen molar-refractivity contribution in [2.75, 3.05) is 39.0 Å². The monoisotopic (exact) mass is 500 g/mol. The molecule has 2 aromatic carbocycles. The van der Waals surface area contributed by atoms with E-state index in [1.165, 1.54) is 19.8 Å². The number of carbonyl (C=O) groups excluding carboxylic acids is 2. The van der Waals surface area contributed by atoms with E-state index < -0.39 is 12.1 Å². The van der Waals surface area contributed by atoms with Gasteiger partial charge >= 0.3 is 5.97 Å². The summed E-state index contributed by atoms with van der Waals surface area (Å²) in [6, 6.07) is 15.4. The van der Waals surface area contributed by atoms with Crippen LogP contribution in [0.25, 0.3) is 6.08 Å². The van der Waals surface area contributed by atoms with E-state index in [0.29, 0.717) is 17.2 Å². The quantitative estimate of drug-likeness (QED) is 0.526. The highest BCUT2D eigenvalue weighted by Crippen LogP contribution is 2.25. The number of ether oxygens (including phenoxy) is 1. The lowest BCUT2D eigenvalue weighted by Gasteiger charge is -2.30. The van der Waals surface area contributed by atoms with Gasteiger partial charge in [-0.3, -0.25) is 14.6 Å². The average Bonchev–Trinajstić information content (AvgIpc) is 3.12. The van der Waals surface area contributed by atoms with Gasteiger partial charge in [-0.2, -0.15) is 0 Å². The van der Waals surface area contributed by atoms with Crippen LogP contribution in [-0.2, 0) is 9.53 Å². The zero-order valence-electron chi connectivity index (χ0n) is 21.9. The first-order valence-electron chi connectivity index (χ1n) is 12.9. The van der Waals surface area contributed by atoms with Crippen molar-refractivity contribution in [3.8, 4) is 0 Å². The van der Waals surface area contributed by atoms with E-state index in [1.54, 1.807) is 12.4 Å². The standard InChI is InChI=1S/C30H36N4O3/c1-22(35)37-29(12-9-23-7-5-4-6-8-23)28-21-31-20-26-11-10-25(19-27(26)32-28)30(36)34(3)18-15-24-13-16-33(2)17-14-24/h4-12,19-21,24,29,32H,13-18H2,1-3H3. The zero-order valence-corrected chi connectivity index (χ0v) is 21.9. The number of hydrogen-bond donors (Lipinski definition) is 1. The van der Waals surface area contributed by atoms with Crippen molar-refractivity contribution in [2.45, 2.75) is 32.3 Å². The summed E-state index contributed by atoms with van der Waals surface area (Å²) in [5, 5.41) is 3.36. The third-order valence-electron chi connectivity index (χ3n) is 6.93. The molecular formula is C30H36N4O3. The number of nitrogens with one attached hydrogen (secondary N) is 1. The number of piperidine rings is 1. The van der Waals surface area contributed by atoms with Crippen LogP contribution in [0.1, 0.15) is 47.7 Å². The molecule has 0 spiro atoms. The van der Waals surface area contributed by atoms with Crippen molar-refractivity contribution >= 4 is 29.9 Å². The van der Waals surface area contributed by atoms with Gasteiger partial charge in [0.05, 0.1) is 11.9 Å². The summed E-state index contributed by atoms with van der Waals surface area (Å²) in [6.45, 7) is 4.38. The molecule has 0 aromatic heterocycles. The molecule has 2 heterocycles. The molecule has 0 aliphatic carbocycles. The maximum absolute atomic E-state index is 13.2. The normalized spacial score (nSPS) is 16.9. The van der Waals surface area contributed by atoms with Gasteiger partial charge in [-0.1, -0.05) is 42.5 Å². The number of nitrogens with zero attached hydrogens (tertiary/aromatic N) is 3. The molecule has 4 rings (SSSR count). The molecule has 37 heavy (non-hydrogen) atoms. The summed E-state index contributed by atoms with van der Waals surface area (Å²) in [7, 11) is 4.03. The summed E-state index contributed by atoms with van der Waals surface area (Å²) in [5.74, 6) is 0.269. The van der Waals surface area contributed by atoms with Crippen LogP contribution in [0.3, 0.4) is 0 Å². The second-order valence-corrected chi connectivity index (χ2v) is 9.85. The summed E-state index contributed by atoms with van der Waals surface area (Å²) in [5.41, 5.74) is 3.81. The Balaban J connectivity index is 1.46. The highest BCUT2D eigenvalue weighted by molar-refractivity contribution is 5.98. The van der Waals surface area contributed by atoms with Crippen LogP contribution in [0.5, 0.6) is 0 Å². The maximum Gasteiger partial charge on any atom is 0.303 e. The van der Waals surface area contributed by atoms with Crippen molar-refractivity contribution < 1.29 is 14.3 Å². The molecule has 0 bridgehead atoms. The van der Waals surface area contributed by atoms with Gasteiger partial charge in [0.25, 0.3) is 5.91 Å². The van der Waals surface area contributed by atoms with Crippen molar-refractivity contribution in [1.29, 1.82) is 0 Å². The van der Waals surface area contributed by atoms with Crippen LogP contribution in [-0.4, -0.2) is 67.7 Å². The fourth-order valence-corrected chi connectivity index (χ4v) is 4.64. The first-order chi connectivity index (χ1) is 17.9. The minimum atomic E-state index is -0.655. The molecule has 1 unspecified atom stereocenters. The molecule has 2 aromatic rings. The summed E-state index contributed by atoms with van der Waals surface area (Å²) in [6.07, 6.45) is 9.87. The number of anilines is 1. The van der Waals surface area contributed by atoms with E-state index in [4.69, 9.17) is 4.74 Å². The summed E-state index contributed by atoms with van der Waals surface area (Å²) in [4.78, 5) is 33.6. The SMILES string of the molecule is CC(=O)OC(C=Cc1ccccc1)C1=CN=Cc2ccc(C(=O)N(C)CCC3CCN(C)CC3)cc2N1. The van der Waals surface area contributed by atoms with Crippen LogP contribution in [0.15, 0.2) is 71.5 Å². The molecule has 1 amide bonds. The lowest BCUT2D eigenvalue weighted by atomic mass is 9.93. The fraction of sp³-hybridized carbons (Fsp3) is 0.367. The molecule has 1 N–H and O–H groups in total. The van der Waals surface area contributed by atoms with E-state index in [0.717, 1.165) is 42.9 Å². The van der Waals surface area contributed by atoms with Gasteiger partial charge in [0, 0.05) is 43.5 Å². The fourth-order valence-electron chi connectivity index (χ4n) is 4.64. The molecule has 7 heteroatoms. The lowest BCUT2D eigenvalue weighted by molar-refractivity contribution is -0.142. The predicted octanol–water partition coefficient (Wildman–Crippen LogP) is 4.82. The number of esters is 1. The molecule has 1 atom stereocenters. The molecule has 7 nitrogen and oxygen atoms in total. The number of amides is 1. The summed E-state index contributed by atoms with van der Waals surface area (Å²) >= 11 is 0. The Morgan fingerprint density at radius 3 is 2.68 bits per heavy atom. The maximum atomic E-state index is 13.2. The second-order valence-electron chi connectivity index (χ2n) is 9.85. The van der Waals surface area contributed by atoms with Crippen LogP contribution in [0.2, 0.25) is 0 Å². The molecule has 0 saturated carbocycles. The molecule has 194 valence electrons. The van der Waals surface area contributed by atoms with Gasteiger partial charge in [0.15, 0.2) is 6.10 Å². The second kappa shape index (κ2) is 12.5. The van der Waals surface area contributed by atoms with Gasteiger partial charge in [0.2, 0.25) is 0 Å². The van der Waals surface area contributed by atoms with E-state index in [-0.39, 0.29) is 5.91 Å². The number of fused-ring (bicyclic) bond motifs is 1. The highest BCUT2D eigenvalue weighted by Gasteiger charge is 2.21. The lowest BCUT2D eigenvalue weighted by Crippen LogP contribution is -2.33. The van der Waals surface area contributed by atoms with Crippen LogP contribution < -0.4 is 5.32 Å². The van der Waals surface area contributed by atoms with Gasteiger partial charge in [0.1, 0.15) is 0 Å².